The maximum absolute atomic E-state index is 15.4. The molecule has 284 valence electrons. The lowest BCUT2D eigenvalue weighted by molar-refractivity contribution is -0.146. The molecule has 0 spiro atoms. The second-order valence-corrected chi connectivity index (χ2v) is 14.8. The van der Waals surface area contributed by atoms with Crippen molar-refractivity contribution in [2.45, 2.75) is 90.6 Å². The Hall–Kier alpha value is -4.92. The van der Waals surface area contributed by atoms with Crippen LogP contribution in [0.1, 0.15) is 88.2 Å². The van der Waals surface area contributed by atoms with Crippen LogP contribution in [0.2, 0.25) is 0 Å². The van der Waals surface area contributed by atoms with Gasteiger partial charge in [0, 0.05) is 50.4 Å². The third-order valence-corrected chi connectivity index (χ3v) is 9.15. The number of hydrogen-bond acceptors (Lipinski definition) is 10. The lowest BCUT2D eigenvalue weighted by Crippen LogP contribution is -2.51. The Bertz CT molecular complexity index is 1860. The summed E-state index contributed by atoms with van der Waals surface area (Å²) >= 11 is 0. The number of ether oxygens (including phenoxy) is 4. The second-order valence-electron chi connectivity index (χ2n) is 14.8. The lowest BCUT2D eigenvalue weighted by atomic mass is 9.94. The van der Waals surface area contributed by atoms with Crippen LogP contribution in [0, 0.1) is 23.4 Å². The number of pyridine rings is 2. The fourth-order valence-electron chi connectivity index (χ4n) is 7.14. The molecule has 3 aliphatic rings. The molecule has 4 heterocycles. The molecule has 0 saturated carbocycles. The third-order valence-electron chi connectivity index (χ3n) is 9.15. The van der Waals surface area contributed by atoms with Crippen LogP contribution in [0.5, 0.6) is 5.75 Å². The molecule has 0 bridgehead atoms. The first-order chi connectivity index (χ1) is 25.1. The van der Waals surface area contributed by atoms with Gasteiger partial charge in [0.2, 0.25) is 0 Å². The van der Waals surface area contributed by atoms with E-state index in [0.717, 1.165) is 36.2 Å². The van der Waals surface area contributed by atoms with E-state index in [-0.39, 0.29) is 36.1 Å². The number of amides is 2. The van der Waals surface area contributed by atoms with Crippen molar-refractivity contribution in [3.05, 3.63) is 64.9 Å². The first-order valence-electron chi connectivity index (χ1n) is 17.8. The molecule has 4 unspecified atom stereocenters. The van der Waals surface area contributed by atoms with Crippen molar-refractivity contribution in [2.75, 3.05) is 36.5 Å². The molecule has 15 heteroatoms. The molecule has 2 fully saturated rings. The molecule has 2 N–H and O–H groups in total. The van der Waals surface area contributed by atoms with Crippen molar-refractivity contribution in [1.29, 1.82) is 0 Å². The number of fused-ring (bicyclic) bond motifs is 1. The van der Waals surface area contributed by atoms with Crippen LogP contribution in [0.4, 0.5) is 29.3 Å². The van der Waals surface area contributed by atoms with Gasteiger partial charge in [0.15, 0.2) is 0 Å². The highest BCUT2D eigenvalue weighted by Crippen LogP contribution is 2.43. The highest BCUT2D eigenvalue weighted by Gasteiger charge is 2.36. The van der Waals surface area contributed by atoms with Crippen LogP contribution in [0.15, 0.2) is 30.5 Å². The summed E-state index contributed by atoms with van der Waals surface area (Å²) in [6.45, 7) is 10.5. The highest BCUT2D eigenvalue weighted by molar-refractivity contribution is 6.05. The summed E-state index contributed by atoms with van der Waals surface area (Å²) in [5.41, 5.74) is -0.185. The van der Waals surface area contributed by atoms with E-state index in [2.05, 4.69) is 20.6 Å². The quantitative estimate of drug-likeness (QED) is 0.241. The number of aromatic nitrogens is 2. The number of nitrogens with one attached hydrogen (secondary N) is 2. The van der Waals surface area contributed by atoms with Gasteiger partial charge in [0.1, 0.15) is 52.4 Å². The van der Waals surface area contributed by atoms with E-state index in [9.17, 15) is 14.4 Å². The Balaban J connectivity index is 1.29. The maximum atomic E-state index is 15.4. The van der Waals surface area contributed by atoms with Crippen molar-refractivity contribution >= 4 is 29.3 Å². The molecular weight excluding hydrogens is 695 g/mol. The standard InChI is InChI=1S/C38H44F3N5O7/c1-20-13-22(43-37(49)53-38(3,4)5)18-46(17-20)35-25-8-11-31(51-21(2)47)33(25)42-16-30(35)45-36(48)29-10-9-26(39)34(44-29)32-27(40)14-24(15-28(32)41)52-23-7-6-12-50-19-23/h9-10,14-16,20,22-23,31H,6-8,11-13,17-19H2,1-5H3,(H,43,49)(H,45,48). The first kappa shape index (κ1) is 37.8. The fraction of sp³-hybridized carbons (Fsp3) is 0.500. The first-order valence-corrected chi connectivity index (χ1v) is 17.8. The second kappa shape index (κ2) is 15.6. The number of benzene rings is 1. The van der Waals surface area contributed by atoms with Gasteiger partial charge >= 0.3 is 12.1 Å². The molecule has 12 nitrogen and oxygen atoms in total. The average molecular weight is 740 g/mol. The van der Waals surface area contributed by atoms with Crippen LogP contribution in [0.25, 0.3) is 11.3 Å². The van der Waals surface area contributed by atoms with E-state index in [1.165, 1.54) is 13.1 Å². The van der Waals surface area contributed by atoms with Crippen molar-refractivity contribution in [1.82, 2.24) is 15.3 Å². The molecule has 1 aliphatic carbocycles. The van der Waals surface area contributed by atoms with Crippen LogP contribution < -0.4 is 20.3 Å². The Morgan fingerprint density at radius 3 is 2.47 bits per heavy atom. The topological polar surface area (TPSA) is 141 Å². The normalized spacial score (nSPS) is 21.4. The number of anilines is 2. The number of esters is 1. The van der Waals surface area contributed by atoms with Gasteiger partial charge in [-0.3, -0.25) is 14.6 Å². The summed E-state index contributed by atoms with van der Waals surface area (Å²) in [5.74, 6) is -4.45. The van der Waals surface area contributed by atoms with Crippen LogP contribution >= 0.6 is 0 Å². The fourth-order valence-corrected chi connectivity index (χ4v) is 7.14. The van der Waals surface area contributed by atoms with Crippen LogP contribution in [-0.2, 0) is 25.4 Å². The average Bonchev–Trinajstić information content (AvgIpc) is 3.46. The molecule has 2 amide bonds. The predicted molar refractivity (Wildman–Crippen MR) is 188 cm³/mol. The summed E-state index contributed by atoms with van der Waals surface area (Å²) in [6.07, 6.45) is 3.00. The van der Waals surface area contributed by atoms with Gasteiger partial charge in [0.05, 0.1) is 35.4 Å². The summed E-state index contributed by atoms with van der Waals surface area (Å²) < 4.78 is 68.0. The smallest absolute Gasteiger partial charge is 0.407 e. The number of nitrogens with zero attached hydrogens (tertiary/aromatic N) is 3. The van der Waals surface area contributed by atoms with Gasteiger partial charge in [-0.25, -0.2) is 22.9 Å². The Kier molecular flexibility index (Phi) is 11.1. The van der Waals surface area contributed by atoms with E-state index in [4.69, 9.17) is 18.9 Å². The molecule has 2 aromatic heterocycles. The van der Waals surface area contributed by atoms with Gasteiger partial charge in [-0.1, -0.05) is 6.92 Å². The van der Waals surface area contributed by atoms with Crippen LogP contribution in [-0.4, -0.2) is 72.0 Å². The zero-order valence-electron chi connectivity index (χ0n) is 30.4. The summed E-state index contributed by atoms with van der Waals surface area (Å²) in [4.78, 5) is 49.1. The van der Waals surface area contributed by atoms with Crippen molar-refractivity contribution in [2.24, 2.45) is 5.92 Å². The summed E-state index contributed by atoms with van der Waals surface area (Å²) in [7, 11) is 0. The molecule has 2 saturated heterocycles. The zero-order valence-corrected chi connectivity index (χ0v) is 30.4. The number of piperidine rings is 1. The van der Waals surface area contributed by atoms with Crippen molar-refractivity contribution in [3.8, 4) is 17.0 Å². The molecule has 4 atom stereocenters. The SMILES string of the molecule is CC(=O)OC1CCc2c1ncc(NC(=O)c1ccc(F)c(-c3c(F)cc(OC4CCCOC4)cc3F)n1)c2N1CC(C)CC(NC(=O)OC(C)(C)C)C1. The molecule has 53 heavy (non-hydrogen) atoms. The van der Waals surface area contributed by atoms with E-state index in [1.54, 1.807) is 20.8 Å². The van der Waals surface area contributed by atoms with Gasteiger partial charge < -0.3 is 34.5 Å². The van der Waals surface area contributed by atoms with Gasteiger partial charge in [-0.2, -0.15) is 0 Å². The Morgan fingerprint density at radius 1 is 1.04 bits per heavy atom. The van der Waals surface area contributed by atoms with Gasteiger partial charge in [-0.15, -0.1) is 0 Å². The van der Waals surface area contributed by atoms with Crippen molar-refractivity contribution < 1.29 is 46.5 Å². The number of halogens is 3. The Morgan fingerprint density at radius 2 is 1.79 bits per heavy atom. The van der Waals surface area contributed by atoms with Gasteiger partial charge in [0.25, 0.3) is 5.91 Å². The number of rotatable bonds is 8. The lowest BCUT2D eigenvalue weighted by Gasteiger charge is -2.40. The Labute approximate surface area is 305 Å². The molecule has 0 radical (unpaired) electrons. The van der Waals surface area contributed by atoms with E-state index in [1.807, 2.05) is 11.8 Å². The minimum atomic E-state index is -1.11. The minimum absolute atomic E-state index is 0.0725. The molecule has 2 aliphatic heterocycles. The van der Waals surface area contributed by atoms with Gasteiger partial charge in [-0.05, 0) is 70.9 Å². The minimum Gasteiger partial charge on any atom is -0.488 e. The monoisotopic (exact) mass is 739 g/mol. The predicted octanol–water partition coefficient (Wildman–Crippen LogP) is 6.66. The third kappa shape index (κ3) is 9.00. The molecular formula is C38H44F3N5O7. The summed E-state index contributed by atoms with van der Waals surface area (Å²) in [6, 6.07) is 3.65. The number of carbonyl (C=O) groups excluding carboxylic acids is 3. The molecule has 1 aromatic carbocycles. The zero-order chi connectivity index (χ0) is 38.0. The van der Waals surface area contributed by atoms with E-state index >= 15 is 13.2 Å². The maximum Gasteiger partial charge on any atom is 0.407 e. The summed E-state index contributed by atoms with van der Waals surface area (Å²) in [5, 5.41) is 5.78. The van der Waals surface area contributed by atoms with E-state index < -0.39 is 58.4 Å². The van der Waals surface area contributed by atoms with Crippen LogP contribution in [0.3, 0.4) is 0 Å². The van der Waals surface area contributed by atoms with E-state index in [0.29, 0.717) is 62.4 Å². The molecule has 6 rings (SSSR count). The number of hydrogen-bond donors (Lipinski definition) is 2. The molecule has 3 aromatic rings. The highest BCUT2D eigenvalue weighted by atomic mass is 19.1. The number of alkyl carbamates (subject to hydrolysis) is 1. The van der Waals surface area contributed by atoms with Crippen molar-refractivity contribution in [3.63, 3.8) is 0 Å². The number of carbonyl (C=O) groups is 3. The largest absolute Gasteiger partial charge is 0.488 e.